The number of amidine groups is 1. The van der Waals surface area contributed by atoms with E-state index < -0.39 is 5.25 Å². The van der Waals surface area contributed by atoms with E-state index in [0.717, 1.165) is 30.7 Å². The molecule has 2 amide bonds. The Bertz CT molecular complexity index is 639. The minimum atomic E-state index is -0.432. The summed E-state index contributed by atoms with van der Waals surface area (Å²) in [4.78, 5) is 28.5. The molecule has 0 aromatic heterocycles. The number of ether oxygens (including phenoxy) is 1. The van der Waals surface area contributed by atoms with Crippen LogP contribution in [0.3, 0.4) is 0 Å². The Labute approximate surface area is 145 Å². The van der Waals surface area contributed by atoms with Gasteiger partial charge in [0.2, 0.25) is 11.8 Å². The number of hydrogen-bond donors (Lipinski definition) is 2. The topological polar surface area (TPSA) is 79.8 Å². The predicted octanol–water partition coefficient (Wildman–Crippen LogP) is 2.09. The zero-order valence-corrected chi connectivity index (χ0v) is 14.4. The molecular weight excluding hydrogens is 326 g/mol. The Morgan fingerprint density at radius 2 is 2.21 bits per heavy atom. The van der Waals surface area contributed by atoms with Gasteiger partial charge in [0.1, 0.15) is 5.25 Å². The first-order valence-electron chi connectivity index (χ1n) is 8.10. The van der Waals surface area contributed by atoms with Crippen LogP contribution in [-0.4, -0.2) is 41.5 Å². The fraction of sp³-hybridized carbons (Fsp3) is 0.471. The molecule has 24 heavy (non-hydrogen) atoms. The average Bonchev–Trinajstić information content (AvgIpc) is 3.18. The van der Waals surface area contributed by atoms with Crippen LogP contribution in [0.5, 0.6) is 0 Å². The molecule has 0 bridgehead atoms. The molecule has 0 spiro atoms. The molecule has 3 rings (SSSR count). The summed E-state index contributed by atoms with van der Waals surface area (Å²) in [6.45, 7) is 3.34. The van der Waals surface area contributed by atoms with Gasteiger partial charge in [0.25, 0.3) is 0 Å². The molecule has 6 nitrogen and oxygen atoms in total. The van der Waals surface area contributed by atoms with Crippen molar-refractivity contribution >= 4 is 34.4 Å². The number of aliphatic imine (C=N–C) groups is 1. The van der Waals surface area contributed by atoms with Crippen molar-refractivity contribution in [2.24, 2.45) is 4.99 Å². The minimum absolute atomic E-state index is 0.128. The molecule has 0 radical (unpaired) electrons. The Balaban J connectivity index is 1.49. The molecule has 1 aromatic carbocycles. The Morgan fingerprint density at radius 3 is 2.92 bits per heavy atom. The first kappa shape index (κ1) is 17.0. The van der Waals surface area contributed by atoms with Gasteiger partial charge in [-0.2, -0.15) is 0 Å². The first-order chi connectivity index (χ1) is 11.6. The summed E-state index contributed by atoms with van der Waals surface area (Å²) in [5.41, 5.74) is 1.87. The van der Waals surface area contributed by atoms with E-state index in [2.05, 4.69) is 15.6 Å². The lowest BCUT2D eigenvalue weighted by Gasteiger charge is -2.07. The van der Waals surface area contributed by atoms with Gasteiger partial charge in [0.05, 0.1) is 12.6 Å². The summed E-state index contributed by atoms with van der Waals surface area (Å²) < 4.78 is 5.51. The zero-order valence-electron chi connectivity index (χ0n) is 13.6. The van der Waals surface area contributed by atoms with Crippen LogP contribution >= 0.6 is 11.8 Å². The van der Waals surface area contributed by atoms with Crippen LogP contribution in [0.25, 0.3) is 0 Å². The maximum Gasteiger partial charge on any atom is 0.240 e. The van der Waals surface area contributed by atoms with E-state index in [9.17, 15) is 9.59 Å². The second-order valence-corrected chi connectivity index (χ2v) is 7.19. The summed E-state index contributed by atoms with van der Waals surface area (Å²) in [6.07, 6.45) is 2.36. The highest BCUT2D eigenvalue weighted by atomic mass is 32.2. The van der Waals surface area contributed by atoms with E-state index in [1.807, 2.05) is 31.2 Å². The zero-order chi connectivity index (χ0) is 16.9. The van der Waals surface area contributed by atoms with Gasteiger partial charge in [-0.15, -0.1) is 0 Å². The molecule has 7 heteroatoms. The summed E-state index contributed by atoms with van der Waals surface area (Å²) in [5, 5.41) is 5.71. The average molecular weight is 347 g/mol. The molecule has 2 saturated heterocycles. The molecule has 0 saturated carbocycles. The van der Waals surface area contributed by atoms with Crippen LogP contribution in [0.15, 0.2) is 29.3 Å². The van der Waals surface area contributed by atoms with Crippen molar-refractivity contribution in [1.82, 2.24) is 5.32 Å². The van der Waals surface area contributed by atoms with Crippen LogP contribution in [0.1, 0.15) is 24.8 Å². The number of thioether (sulfide) groups is 1. The van der Waals surface area contributed by atoms with Gasteiger partial charge in [-0.1, -0.05) is 29.5 Å². The number of nitrogens with zero attached hydrogens (tertiary/aromatic N) is 1. The van der Waals surface area contributed by atoms with Gasteiger partial charge in [-0.05, 0) is 31.9 Å². The molecule has 0 aliphatic carbocycles. The highest BCUT2D eigenvalue weighted by molar-refractivity contribution is 8.15. The smallest absolute Gasteiger partial charge is 0.240 e. The van der Waals surface area contributed by atoms with Crippen LogP contribution in [-0.2, 0) is 14.3 Å². The van der Waals surface area contributed by atoms with E-state index in [0.29, 0.717) is 11.7 Å². The standard InChI is InChI=1S/C17H21N3O3S/c1-11-4-6-12(7-5-11)19-15(21)9-14-16(22)20-17(24-14)18-10-13-3-2-8-23-13/h4-7,13-14H,2-3,8-10H2,1H3,(H,19,21)(H,18,20,22). The van der Waals surface area contributed by atoms with E-state index in [4.69, 9.17) is 4.74 Å². The van der Waals surface area contributed by atoms with Gasteiger partial charge in [-0.25, -0.2) is 0 Å². The molecular formula is C17H21N3O3S. The van der Waals surface area contributed by atoms with Crippen molar-refractivity contribution in [2.75, 3.05) is 18.5 Å². The monoisotopic (exact) mass is 347 g/mol. The molecule has 2 aliphatic heterocycles. The van der Waals surface area contributed by atoms with E-state index >= 15 is 0 Å². The number of carbonyl (C=O) groups excluding carboxylic acids is 2. The maximum absolute atomic E-state index is 12.1. The molecule has 2 N–H and O–H groups in total. The first-order valence-corrected chi connectivity index (χ1v) is 8.98. The second-order valence-electron chi connectivity index (χ2n) is 5.99. The van der Waals surface area contributed by atoms with E-state index in [1.165, 1.54) is 11.8 Å². The molecule has 2 fully saturated rings. The fourth-order valence-corrected chi connectivity index (χ4v) is 3.58. The van der Waals surface area contributed by atoms with Crippen molar-refractivity contribution in [1.29, 1.82) is 0 Å². The fourth-order valence-electron chi connectivity index (χ4n) is 2.61. The number of anilines is 1. The highest BCUT2D eigenvalue weighted by Gasteiger charge is 2.32. The lowest BCUT2D eigenvalue weighted by molar-refractivity contribution is -0.122. The third kappa shape index (κ3) is 4.58. The van der Waals surface area contributed by atoms with Gasteiger partial charge in [-0.3, -0.25) is 14.6 Å². The lowest BCUT2D eigenvalue weighted by Crippen LogP contribution is -2.28. The van der Waals surface area contributed by atoms with Crippen LogP contribution in [0, 0.1) is 6.92 Å². The van der Waals surface area contributed by atoms with Crippen molar-refractivity contribution in [3.8, 4) is 0 Å². The van der Waals surface area contributed by atoms with E-state index in [-0.39, 0.29) is 24.3 Å². The Morgan fingerprint density at radius 1 is 1.42 bits per heavy atom. The van der Waals surface area contributed by atoms with Crippen molar-refractivity contribution < 1.29 is 14.3 Å². The molecule has 1 aromatic rings. The summed E-state index contributed by atoms with van der Waals surface area (Å²) in [7, 11) is 0. The Kier molecular flexibility index (Phi) is 5.52. The molecule has 2 unspecified atom stereocenters. The minimum Gasteiger partial charge on any atom is -0.376 e. The highest BCUT2D eigenvalue weighted by Crippen LogP contribution is 2.23. The maximum atomic E-state index is 12.1. The normalized spacial score (nSPS) is 25.0. The SMILES string of the molecule is Cc1ccc(NC(=O)CC2SC(=NCC3CCCO3)NC2=O)cc1. The number of aryl methyl sites for hydroxylation is 1. The summed E-state index contributed by atoms with van der Waals surface area (Å²) in [6, 6.07) is 7.57. The third-order valence-corrected chi connectivity index (χ3v) is 5.06. The molecule has 128 valence electrons. The van der Waals surface area contributed by atoms with Gasteiger partial charge < -0.3 is 15.4 Å². The van der Waals surface area contributed by atoms with Crippen LogP contribution in [0.4, 0.5) is 5.69 Å². The van der Waals surface area contributed by atoms with Crippen molar-refractivity contribution in [3.05, 3.63) is 29.8 Å². The number of carbonyl (C=O) groups is 2. The second kappa shape index (κ2) is 7.81. The van der Waals surface area contributed by atoms with Crippen molar-refractivity contribution in [2.45, 2.75) is 37.5 Å². The van der Waals surface area contributed by atoms with Gasteiger partial charge >= 0.3 is 0 Å². The van der Waals surface area contributed by atoms with E-state index in [1.54, 1.807) is 0 Å². The Hall–Kier alpha value is -1.86. The summed E-state index contributed by atoms with van der Waals surface area (Å²) >= 11 is 1.32. The number of hydrogen-bond acceptors (Lipinski definition) is 5. The number of benzene rings is 1. The third-order valence-electron chi connectivity index (χ3n) is 3.95. The largest absolute Gasteiger partial charge is 0.376 e. The quantitative estimate of drug-likeness (QED) is 0.855. The van der Waals surface area contributed by atoms with Gasteiger partial charge in [0, 0.05) is 18.7 Å². The van der Waals surface area contributed by atoms with Crippen molar-refractivity contribution in [3.63, 3.8) is 0 Å². The summed E-state index contributed by atoms with van der Waals surface area (Å²) in [5.74, 6) is -0.336. The van der Waals surface area contributed by atoms with Crippen LogP contribution in [0.2, 0.25) is 0 Å². The molecule has 2 aliphatic rings. The molecule has 2 heterocycles. The number of amides is 2. The molecule has 2 atom stereocenters. The predicted molar refractivity (Wildman–Crippen MR) is 95.2 cm³/mol. The van der Waals surface area contributed by atoms with Gasteiger partial charge in [0.15, 0.2) is 5.17 Å². The number of nitrogens with one attached hydrogen (secondary N) is 2. The van der Waals surface area contributed by atoms with Crippen LogP contribution < -0.4 is 10.6 Å². The lowest BCUT2D eigenvalue weighted by atomic mass is 10.2. The number of rotatable bonds is 5.